The Morgan fingerprint density at radius 3 is 2.81 bits per heavy atom. The highest BCUT2D eigenvalue weighted by atomic mass is 19.1. The predicted molar refractivity (Wildman–Crippen MR) is 135 cm³/mol. The first kappa shape index (κ1) is 23.2. The molecule has 2 fully saturated rings. The Balaban J connectivity index is 1.33. The van der Waals surface area contributed by atoms with Crippen molar-refractivity contribution in [3.63, 3.8) is 0 Å². The molecule has 0 unspecified atom stereocenters. The van der Waals surface area contributed by atoms with Gasteiger partial charge in [-0.3, -0.25) is 9.48 Å². The van der Waals surface area contributed by atoms with E-state index in [-0.39, 0.29) is 29.0 Å². The van der Waals surface area contributed by atoms with Crippen LogP contribution in [-0.4, -0.2) is 49.9 Å². The van der Waals surface area contributed by atoms with Gasteiger partial charge in [0.15, 0.2) is 0 Å². The Labute approximate surface area is 210 Å². The normalized spacial score (nSPS) is 25.6. The largest absolute Gasteiger partial charge is 0.393 e. The zero-order valence-electron chi connectivity index (χ0n) is 20.6. The van der Waals surface area contributed by atoms with Crippen LogP contribution in [0.2, 0.25) is 0 Å². The summed E-state index contributed by atoms with van der Waals surface area (Å²) in [5, 5.41) is 17.7. The molecule has 1 saturated carbocycles. The molecule has 3 aromatic rings. The number of hydrogen-bond donors (Lipinski definition) is 2. The van der Waals surface area contributed by atoms with Crippen LogP contribution in [0.3, 0.4) is 0 Å². The number of carbonyl (C=O) groups excluding carboxylic acids is 1. The van der Waals surface area contributed by atoms with Crippen LogP contribution in [0.15, 0.2) is 42.9 Å². The molecule has 1 aliphatic carbocycles. The highest BCUT2D eigenvalue weighted by Crippen LogP contribution is 2.47. The van der Waals surface area contributed by atoms with Gasteiger partial charge >= 0.3 is 0 Å². The number of aliphatic hydroxyl groups is 1. The molecule has 36 heavy (non-hydrogen) atoms. The fraction of sp³-hybridized carbons (Fsp3) is 0.464. The number of anilines is 1. The molecule has 6 rings (SSSR count). The molecule has 1 saturated heterocycles. The van der Waals surface area contributed by atoms with Gasteiger partial charge in [-0.05, 0) is 57.1 Å². The van der Waals surface area contributed by atoms with Gasteiger partial charge in [0.2, 0.25) is 0 Å². The zero-order valence-corrected chi connectivity index (χ0v) is 20.6. The molecule has 2 N–H and O–H groups in total. The number of benzene rings is 1. The van der Waals surface area contributed by atoms with E-state index in [1.165, 1.54) is 0 Å². The SMILES string of the molecule is Cn1cc([C@H]2CCCCN2C(=O)c2cccc(-c3cnc4c(c3)C3(CCC(O)CC3)CN4)c2F)cn1. The average molecular weight is 490 g/mol. The first-order valence-corrected chi connectivity index (χ1v) is 13.0. The van der Waals surface area contributed by atoms with Crippen molar-refractivity contribution in [3.05, 3.63) is 65.4 Å². The average Bonchev–Trinajstić information content (AvgIpc) is 3.49. The van der Waals surface area contributed by atoms with Crippen LogP contribution < -0.4 is 5.32 Å². The third-order valence-electron chi connectivity index (χ3n) is 8.38. The summed E-state index contributed by atoms with van der Waals surface area (Å²) in [6.45, 7) is 1.39. The fourth-order valence-corrected chi connectivity index (χ4v) is 6.31. The third kappa shape index (κ3) is 3.88. The molecule has 2 aromatic heterocycles. The lowest BCUT2D eigenvalue weighted by Crippen LogP contribution is -2.38. The number of aromatic nitrogens is 3. The van der Waals surface area contributed by atoms with Crippen LogP contribution in [0.4, 0.5) is 10.2 Å². The standard InChI is InChI=1S/C28H32FN5O2/c1-33-16-19(15-32-33)24-7-2-3-12-34(24)27(36)22-6-4-5-21(25(22)29)18-13-23-26(30-14-18)31-17-28(23)10-8-20(35)9-11-28/h4-6,13-16,20,24,35H,2-3,7-12,17H2,1H3,(H,30,31)/t20?,24-,28?/m1/s1. The van der Waals surface area contributed by atoms with Crippen molar-refractivity contribution in [1.29, 1.82) is 0 Å². The number of fused-ring (bicyclic) bond motifs is 2. The van der Waals surface area contributed by atoms with E-state index in [1.807, 2.05) is 19.3 Å². The van der Waals surface area contributed by atoms with Gasteiger partial charge in [0, 0.05) is 60.2 Å². The predicted octanol–water partition coefficient (Wildman–Crippen LogP) is 4.59. The topological polar surface area (TPSA) is 83.3 Å². The number of nitrogens with zero attached hydrogens (tertiary/aromatic N) is 4. The monoisotopic (exact) mass is 489 g/mol. The van der Waals surface area contributed by atoms with Gasteiger partial charge in [0.1, 0.15) is 11.6 Å². The number of rotatable bonds is 3. The van der Waals surface area contributed by atoms with Gasteiger partial charge < -0.3 is 15.3 Å². The van der Waals surface area contributed by atoms with Crippen LogP contribution >= 0.6 is 0 Å². The second-order valence-electron chi connectivity index (χ2n) is 10.6. The molecule has 1 atom stereocenters. The number of aliphatic hydroxyl groups excluding tert-OH is 1. The maximum Gasteiger partial charge on any atom is 0.257 e. The molecule has 8 heteroatoms. The van der Waals surface area contributed by atoms with Crippen molar-refractivity contribution >= 4 is 11.7 Å². The summed E-state index contributed by atoms with van der Waals surface area (Å²) in [5.74, 6) is 0.0608. The van der Waals surface area contributed by atoms with E-state index in [4.69, 9.17) is 0 Å². The second-order valence-corrected chi connectivity index (χ2v) is 10.6. The Hall–Kier alpha value is -3.26. The fourth-order valence-electron chi connectivity index (χ4n) is 6.31. The van der Waals surface area contributed by atoms with Crippen LogP contribution in [0, 0.1) is 5.82 Å². The van der Waals surface area contributed by atoms with E-state index in [0.29, 0.717) is 17.7 Å². The molecular formula is C28H32FN5O2. The number of aryl methyl sites for hydroxylation is 1. The lowest BCUT2D eigenvalue weighted by atomic mass is 9.70. The maximum atomic E-state index is 16.0. The highest BCUT2D eigenvalue weighted by molar-refractivity contribution is 5.96. The quantitative estimate of drug-likeness (QED) is 0.563. The summed E-state index contributed by atoms with van der Waals surface area (Å²) in [4.78, 5) is 20.1. The Morgan fingerprint density at radius 2 is 2.03 bits per heavy atom. The number of piperidine rings is 1. The Morgan fingerprint density at radius 1 is 1.19 bits per heavy atom. The molecule has 3 aliphatic rings. The van der Waals surface area contributed by atoms with Crippen molar-refractivity contribution in [1.82, 2.24) is 19.7 Å². The van der Waals surface area contributed by atoms with Gasteiger partial charge in [-0.1, -0.05) is 12.1 Å². The van der Waals surface area contributed by atoms with Crippen molar-refractivity contribution in [2.75, 3.05) is 18.4 Å². The van der Waals surface area contributed by atoms with Gasteiger partial charge in [-0.25, -0.2) is 9.37 Å². The van der Waals surface area contributed by atoms with Crippen LogP contribution in [0.25, 0.3) is 11.1 Å². The molecule has 7 nitrogen and oxygen atoms in total. The number of carbonyl (C=O) groups is 1. The zero-order chi connectivity index (χ0) is 24.9. The van der Waals surface area contributed by atoms with E-state index >= 15 is 4.39 Å². The Kier molecular flexibility index (Phi) is 5.79. The van der Waals surface area contributed by atoms with Crippen molar-refractivity contribution in [3.8, 4) is 11.1 Å². The second kappa shape index (κ2) is 9.00. The molecule has 1 amide bonds. The minimum atomic E-state index is -0.501. The number of nitrogens with one attached hydrogen (secondary N) is 1. The molecule has 188 valence electrons. The summed E-state index contributed by atoms with van der Waals surface area (Å²) in [6.07, 6.45) is 11.2. The van der Waals surface area contributed by atoms with E-state index < -0.39 is 5.82 Å². The first-order valence-electron chi connectivity index (χ1n) is 13.0. The van der Waals surface area contributed by atoms with Gasteiger partial charge in [0.05, 0.1) is 23.9 Å². The number of likely N-dealkylation sites (tertiary alicyclic amines) is 1. The molecule has 0 bridgehead atoms. The number of amides is 1. The van der Waals surface area contributed by atoms with Crippen molar-refractivity contribution < 1.29 is 14.3 Å². The minimum Gasteiger partial charge on any atom is -0.393 e. The van der Waals surface area contributed by atoms with Crippen LogP contribution in [0.1, 0.15) is 72.5 Å². The molecule has 2 aliphatic heterocycles. The number of hydrogen-bond acceptors (Lipinski definition) is 5. The summed E-state index contributed by atoms with van der Waals surface area (Å²) in [5.41, 5.74) is 3.17. The molecule has 1 spiro atoms. The summed E-state index contributed by atoms with van der Waals surface area (Å²) in [6, 6.07) is 7.00. The van der Waals surface area contributed by atoms with Gasteiger partial charge in [0.25, 0.3) is 5.91 Å². The van der Waals surface area contributed by atoms with E-state index in [2.05, 4.69) is 15.4 Å². The van der Waals surface area contributed by atoms with E-state index in [0.717, 1.165) is 68.4 Å². The van der Waals surface area contributed by atoms with Gasteiger partial charge in [-0.2, -0.15) is 5.10 Å². The summed E-state index contributed by atoms with van der Waals surface area (Å²) < 4.78 is 17.7. The van der Waals surface area contributed by atoms with E-state index in [9.17, 15) is 9.90 Å². The lowest BCUT2D eigenvalue weighted by Gasteiger charge is -2.35. The molecule has 4 heterocycles. The van der Waals surface area contributed by atoms with E-state index in [1.54, 1.807) is 40.2 Å². The molecular weight excluding hydrogens is 457 g/mol. The lowest BCUT2D eigenvalue weighted by molar-refractivity contribution is 0.0606. The van der Waals surface area contributed by atoms with Gasteiger partial charge in [-0.15, -0.1) is 0 Å². The van der Waals surface area contributed by atoms with Crippen molar-refractivity contribution in [2.45, 2.75) is 62.5 Å². The van der Waals surface area contributed by atoms with Crippen LogP contribution in [0.5, 0.6) is 0 Å². The number of pyridine rings is 1. The summed E-state index contributed by atoms with van der Waals surface area (Å²) in [7, 11) is 1.86. The summed E-state index contributed by atoms with van der Waals surface area (Å²) >= 11 is 0. The first-order chi connectivity index (χ1) is 17.4. The Bertz CT molecular complexity index is 1300. The maximum absolute atomic E-state index is 16.0. The molecule has 1 aromatic carbocycles. The van der Waals surface area contributed by atoms with Crippen LogP contribution in [-0.2, 0) is 12.5 Å². The third-order valence-corrected chi connectivity index (χ3v) is 8.38. The molecule has 0 radical (unpaired) electrons. The number of halogens is 1. The minimum absolute atomic E-state index is 0.0772. The smallest absolute Gasteiger partial charge is 0.257 e. The van der Waals surface area contributed by atoms with Crippen molar-refractivity contribution in [2.24, 2.45) is 7.05 Å². The highest BCUT2D eigenvalue weighted by Gasteiger charge is 2.42.